The molecule has 4 aliphatic rings. The van der Waals surface area contributed by atoms with Crippen molar-refractivity contribution in [3.05, 3.63) is 89.7 Å². The highest BCUT2D eigenvalue weighted by molar-refractivity contribution is 5.89. The molecule has 3 aromatic heterocycles. The number of rotatable bonds is 10. The van der Waals surface area contributed by atoms with E-state index in [0.29, 0.717) is 12.4 Å². The lowest BCUT2D eigenvalue weighted by Gasteiger charge is -2.36. The van der Waals surface area contributed by atoms with E-state index in [1.165, 1.54) is 32.1 Å². The summed E-state index contributed by atoms with van der Waals surface area (Å²) in [5.74, 6) is 3.03. The van der Waals surface area contributed by atoms with Gasteiger partial charge < -0.3 is 29.5 Å². The van der Waals surface area contributed by atoms with Crippen LogP contribution in [-0.2, 0) is 14.9 Å². The average Bonchev–Trinajstić information content (AvgIpc) is 3.65. The van der Waals surface area contributed by atoms with Crippen LogP contribution in [0, 0.1) is 0 Å². The summed E-state index contributed by atoms with van der Waals surface area (Å²) in [6.45, 7) is 11.9. The van der Waals surface area contributed by atoms with E-state index in [1.54, 1.807) is 4.68 Å². The Labute approximate surface area is 344 Å². The number of piperidine rings is 1. The van der Waals surface area contributed by atoms with Crippen molar-refractivity contribution in [1.29, 1.82) is 0 Å². The molecule has 2 atom stereocenters. The molecule has 15 heteroatoms. The van der Waals surface area contributed by atoms with E-state index in [0.717, 1.165) is 97.8 Å². The van der Waals surface area contributed by atoms with Crippen molar-refractivity contribution in [1.82, 2.24) is 34.6 Å². The standard InChI is InChI=1S/C43H53N9O4.CH2O2/c1-42(2,3)37-28-39(52(48-37)30-9-8-10-31(27-30)55-26-23-49-21-24-54-25-22-49)45-40(53)44-35-14-15-36(34-12-5-4-11-33(34)35)56-32-13-16-38-46-47-41(50(38)29-32)51-20-7-6-17-43(51)18-19-43;2-1-3/h4-5,8-13,16,27-29,35-36H,6-7,14-15,17-26H2,1-3H3,(H2,44,45,53);1H,(H,2,3)/t35-,36+;/m0./s1. The van der Waals surface area contributed by atoms with Gasteiger partial charge in [0.05, 0.1) is 36.8 Å². The first-order valence-corrected chi connectivity index (χ1v) is 20.8. The third-order valence-electron chi connectivity index (χ3n) is 11.9. The first kappa shape index (κ1) is 40.1. The molecule has 0 bridgehead atoms. The quantitative estimate of drug-likeness (QED) is 0.126. The van der Waals surface area contributed by atoms with E-state index in [1.807, 2.05) is 60.8 Å². The number of carbonyl (C=O) groups excluding carboxylic acids is 1. The van der Waals surface area contributed by atoms with Crippen LogP contribution in [0.25, 0.3) is 11.3 Å². The van der Waals surface area contributed by atoms with E-state index >= 15 is 0 Å². The van der Waals surface area contributed by atoms with Crippen LogP contribution >= 0.6 is 0 Å². The molecule has 5 heterocycles. The summed E-state index contributed by atoms with van der Waals surface area (Å²) in [5, 5.41) is 27.4. The summed E-state index contributed by atoms with van der Waals surface area (Å²) in [5.41, 5.74) is 4.66. The van der Waals surface area contributed by atoms with Crippen molar-refractivity contribution < 1.29 is 28.9 Å². The minimum absolute atomic E-state index is 0.159. The first-order valence-electron chi connectivity index (χ1n) is 20.8. The zero-order valence-corrected chi connectivity index (χ0v) is 34.2. The van der Waals surface area contributed by atoms with Gasteiger partial charge in [-0.05, 0) is 80.3 Å². The molecule has 0 radical (unpaired) electrons. The van der Waals surface area contributed by atoms with E-state index in [2.05, 4.69) is 67.9 Å². The SMILES string of the molecule is CC(C)(C)c1cc(NC(=O)N[C@H]2CC[C@@H](Oc3ccc4nnc(N5CCCCC56CC6)n4c3)c3ccccc32)n(-c2cccc(OCCN3CCOCC3)c2)n1.O=CO. The Bertz CT molecular complexity index is 2240. The van der Waals surface area contributed by atoms with E-state index in [-0.39, 0.29) is 35.6 Å². The molecule has 5 aromatic rings. The fraction of sp³-hybridized carbons (Fsp3) is 0.477. The molecular formula is C44H55N9O6. The maximum Gasteiger partial charge on any atom is 0.320 e. The van der Waals surface area contributed by atoms with Gasteiger partial charge in [-0.2, -0.15) is 5.10 Å². The number of morpholine rings is 1. The Balaban J connectivity index is 0.00000157. The number of urea groups is 1. The molecule has 1 spiro atoms. The van der Waals surface area contributed by atoms with Crippen LogP contribution in [0.2, 0.25) is 0 Å². The number of ether oxygens (including phenoxy) is 3. The number of benzene rings is 2. The van der Waals surface area contributed by atoms with Crippen molar-refractivity contribution >= 4 is 29.9 Å². The van der Waals surface area contributed by atoms with Crippen LogP contribution in [0.3, 0.4) is 0 Å². The maximum absolute atomic E-state index is 13.8. The number of carbonyl (C=O) groups is 2. The molecule has 9 rings (SSSR count). The van der Waals surface area contributed by atoms with Crippen LogP contribution in [-0.4, -0.2) is 98.4 Å². The maximum atomic E-state index is 13.8. The Hall–Kier alpha value is -5.67. The Kier molecular flexibility index (Phi) is 11.8. The van der Waals surface area contributed by atoms with Crippen molar-refractivity contribution in [3.63, 3.8) is 0 Å². The normalized spacial score (nSPS) is 19.9. The lowest BCUT2D eigenvalue weighted by molar-refractivity contribution is -0.122. The molecule has 59 heavy (non-hydrogen) atoms. The molecule has 2 amide bonds. The summed E-state index contributed by atoms with van der Waals surface area (Å²) < 4.78 is 22.2. The molecule has 2 saturated heterocycles. The summed E-state index contributed by atoms with van der Waals surface area (Å²) in [6, 6.07) is 21.6. The van der Waals surface area contributed by atoms with E-state index < -0.39 is 0 Å². The molecule has 3 N–H and O–H groups in total. The summed E-state index contributed by atoms with van der Waals surface area (Å²) in [7, 11) is 0. The molecule has 0 unspecified atom stereocenters. The largest absolute Gasteiger partial charge is 0.492 e. The van der Waals surface area contributed by atoms with Crippen LogP contribution in [0.4, 0.5) is 16.6 Å². The monoisotopic (exact) mass is 805 g/mol. The highest BCUT2D eigenvalue weighted by atomic mass is 16.5. The number of nitrogens with one attached hydrogen (secondary N) is 2. The highest BCUT2D eigenvalue weighted by Crippen LogP contribution is 2.50. The van der Waals surface area contributed by atoms with Gasteiger partial charge in [-0.25, -0.2) is 9.48 Å². The van der Waals surface area contributed by atoms with Crippen molar-refractivity contribution in [2.24, 2.45) is 0 Å². The third kappa shape index (κ3) is 9.00. The molecule has 312 valence electrons. The van der Waals surface area contributed by atoms with Gasteiger partial charge in [0.25, 0.3) is 6.47 Å². The van der Waals surface area contributed by atoms with Crippen molar-refractivity contribution in [2.75, 3.05) is 56.2 Å². The summed E-state index contributed by atoms with van der Waals surface area (Å²) in [6.07, 6.45) is 9.50. The third-order valence-corrected chi connectivity index (χ3v) is 11.9. The van der Waals surface area contributed by atoms with Crippen LogP contribution in [0.15, 0.2) is 72.9 Å². The molecule has 2 aromatic carbocycles. The minimum Gasteiger partial charge on any atom is -0.492 e. The second-order valence-corrected chi connectivity index (χ2v) is 16.9. The van der Waals surface area contributed by atoms with Gasteiger partial charge in [0.15, 0.2) is 5.65 Å². The fourth-order valence-electron chi connectivity index (χ4n) is 8.54. The Morgan fingerprint density at radius 1 is 0.949 bits per heavy atom. The van der Waals surface area contributed by atoms with Crippen molar-refractivity contribution in [2.45, 2.75) is 88.8 Å². The summed E-state index contributed by atoms with van der Waals surface area (Å²) >= 11 is 0. The fourth-order valence-corrected chi connectivity index (χ4v) is 8.54. The second-order valence-electron chi connectivity index (χ2n) is 16.9. The second kappa shape index (κ2) is 17.3. The molecule has 1 saturated carbocycles. The number of amides is 2. The van der Waals surface area contributed by atoms with Gasteiger partial charge >= 0.3 is 6.03 Å². The van der Waals surface area contributed by atoms with Crippen molar-refractivity contribution in [3.8, 4) is 17.2 Å². The van der Waals surface area contributed by atoms with Gasteiger partial charge in [0.1, 0.15) is 30.0 Å². The lowest BCUT2D eigenvalue weighted by Crippen LogP contribution is -2.42. The number of hydrogen-bond acceptors (Lipinski definition) is 10. The van der Waals surface area contributed by atoms with Crippen LogP contribution < -0.4 is 25.0 Å². The molecule has 2 aliphatic carbocycles. The molecular weight excluding hydrogens is 751 g/mol. The number of hydrogen-bond donors (Lipinski definition) is 3. The van der Waals surface area contributed by atoms with Gasteiger partial charge in [0, 0.05) is 49.3 Å². The molecule has 2 aliphatic heterocycles. The number of nitrogens with zero attached hydrogens (tertiary/aromatic N) is 7. The average molecular weight is 806 g/mol. The number of anilines is 2. The zero-order chi connectivity index (χ0) is 41.0. The highest BCUT2D eigenvalue weighted by Gasteiger charge is 2.50. The molecule has 3 fully saturated rings. The predicted molar refractivity (Wildman–Crippen MR) is 224 cm³/mol. The lowest BCUT2D eigenvalue weighted by atomic mass is 9.85. The Morgan fingerprint density at radius 2 is 1.75 bits per heavy atom. The number of carboxylic acid groups (broad SMARTS) is 1. The zero-order valence-electron chi connectivity index (χ0n) is 34.2. The smallest absolute Gasteiger partial charge is 0.320 e. The predicted octanol–water partition coefficient (Wildman–Crippen LogP) is 6.92. The summed E-state index contributed by atoms with van der Waals surface area (Å²) in [4.78, 5) is 27.0. The number of pyridine rings is 1. The van der Waals surface area contributed by atoms with Gasteiger partial charge in [-0.15, -0.1) is 10.2 Å². The van der Waals surface area contributed by atoms with Gasteiger partial charge in [-0.3, -0.25) is 19.4 Å². The molecule has 15 nitrogen and oxygen atoms in total. The van der Waals surface area contributed by atoms with Crippen LogP contribution in [0.5, 0.6) is 11.5 Å². The number of fused-ring (bicyclic) bond motifs is 2. The minimum atomic E-state index is -0.291. The first-order chi connectivity index (χ1) is 28.6. The Morgan fingerprint density at radius 3 is 2.53 bits per heavy atom. The van der Waals surface area contributed by atoms with E-state index in [4.69, 9.17) is 29.2 Å². The van der Waals surface area contributed by atoms with E-state index in [9.17, 15) is 4.79 Å². The number of aromatic nitrogens is 5. The van der Waals surface area contributed by atoms with Gasteiger partial charge in [-0.1, -0.05) is 51.1 Å². The van der Waals surface area contributed by atoms with Gasteiger partial charge in [0.2, 0.25) is 5.95 Å². The van der Waals surface area contributed by atoms with Crippen LogP contribution in [0.1, 0.15) is 94.7 Å². The topological polar surface area (TPSA) is 161 Å².